The smallest absolute Gasteiger partial charge is 0.322 e. The van der Waals surface area contributed by atoms with Crippen molar-refractivity contribution in [2.45, 2.75) is 26.3 Å². The Balaban J connectivity index is 1.71. The number of hydrogen-bond acceptors (Lipinski definition) is 2. The molecule has 1 heterocycles. The summed E-state index contributed by atoms with van der Waals surface area (Å²) in [5.41, 5.74) is 3.10. The van der Waals surface area contributed by atoms with Crippen LogP contribution in [0.1, 0.15) is 25.0 Å². The van der Waals surface area contributed by atoms with Crippen molar-refractivity contribution in [3.05, 3.63) is 65.7 Å². The molecule has 136 valence electrons. The fraction of sp³-hybridized carbons (Fsp3) is 0.333. The predicted octanol–water partition coefficient (Wildman–Crippen LogP) is 3.27. The molecule has 1 aliphatic heterocycles. The number of nitrogens with one attached hydrogen (secondary N) is 2. The Morgan fingerprint density at radius 2 is 1.88 bits per heavy atom. The minimum absolute atomic E-state index is 0.0606. The molecule has 5 heteroatoms. The van der Waals surface area contributed by atoms with Crippen LogP contribution in [0.15, 0.2) is 54.6 Å². The molecule has 1 atom stereocenters. The SMILES string of the molecule is CC(C)C1C(=O)NCCN1C(=O)Nc1cccc(Cc2ccccc2)c1. The second kappa shape index (κ2) is 8.04. The first-order valence-corrected chi connectivity index (χ1v) is 9.03. The van der Waals surface area contributed by atoms with E-state index in [1.165, 1.54) is 5.56 Å². The van der Waals surface area contributed by atoms with Crippen LogP contribution in [0, 0.1) is 5.92 Å². The van der Waals surface area contributed by atoms with Gasteiger partial charge in [-0.1, -0.05) is 56.3 Å². The molecule has 2 N–H and O–H groups in total. The maximum atomic E-state index is 12.7. The summed E-state index contributed by atoms with van der Waals surface area (Å²) < 4.78 is 0. The highest BCUT2D eigenvalue weighted by Crippen LogP contribution is 2.18. The zero-order valence-corrected chi connectivity index (χ0v) is 15.2. The average molecular weight is 351 g/mol. The predicted molar refractivity (Wildman–Crippen MR) is 103 cm³/mol. The van der Waals surface area contributed by atoms with Crippen LogP contribution < -0.4 is 10.6 Å². The lowest BCUT2D eigenvalue weighted by Gasteiger charge is -2.37. The molecule has 0 aliphatic carbocycles. The molecule has 2 aromatic rings. The van der Waals surface area contributed by atoms with Gasteiger partial charge in [0.25, 0.3) is 0 Å². The monoisotopic (exact) mass is 351 g/mol. The summed E-state index contributed by atoms with van der Waals surface area (Å²) in [6.45, 7) is 4.92. The van der Waals surface area contributed by atoms with Gasteiger partial charge in [0.15, 0.2) is 0 Å². The van der Waals surface area contributed by atoms with E-state index in [2.05, 4.69) is 22.8 Å². The molecule has 0 radical (unpaired) electrons. The fourth-order valence-corrected chi connectivity index (χ4v) is 3.36. The maximum absolute atomic E-state index is 12.7. The summed E-state index contributed by atoms with van der Waals surface area (Å²) in [6.07, 6.45) is 0.811. The van der Waals surface area contributed by atoms with Crippen molar-refractivity contribution in [3.8, 4) is 0 Å². The lowest BCUT2D eigenvalue weighted by atomic mass is 10.00. The number of benzene rings is 2. The van der Waals surface area contributed by atoms with Crippen molar-refractivity contribution in [1.29, 1.82) is 0 Å². The zero-order valence-electron chi connectivity index (χ0n) is 15.2. The van der Waals surface area contributed by atoms with E-state index in [0.717, 1.165) is 17.7 Å². The second-order valence-corrected chi connectivity index (χ2v) is 6.97. The van der Waals surface area contributed by atoms with Gasteiger partial charge in [0.1, 0.15) is 6.04 Å². The number of piperazine rings is 1. The normalized spacial score (nSPS) is 17.1. The number of amides is 3. The number of rotatable bonds is 4. The summed E-state index contributed by atoms with van der Waals surface area (Å²) >= 11 is 0. The van der Waals surface area contributed by atoms with Crippen molar-refractivity contribution >= 4 is 17.6 Å². The fourth-order valence-electron chi connectivity index (χ4n) is 3.36. The number of carbonyl (C=O) groups is 2. The number of carbonyl (C=O) groups excluding carboxylic acids is 2. The molecule has 1 fully saturated rings. The Bertz CT molecular complexity index is 774. The first kappa shape index (κ1) is 18.0. The largest absolute Gasteiger partial charge is 0.353 e. The molecule has 0 bridgehead atoms. The van der Waals surface area contributed by atoms with Gasteiger partial charge in [-0.3, -0.25) is 4.79 Å². The van der Waals surface area contributed by atoms with E-state index in [9.17, 15) is 9.59 Å². The van der Waals surface area contributed by atoms with Gasteiger partial charge in [0.2, 0.25) is 5.91 Å². The Kier molecular flexibility index (Phi) is 5.56. The molecule has 3 amide bonds. The van der Waals surface area contributed by atoms with Gasteiger partial charge in [-0.25, -0.2) is 4.79 Å². The highest BCUT2D eigenvalue weighted by Gasteiger charge is 2.35. The summed E-state index contributed by atoms with van der Waals surface area (Å²) in [5, 5.41) is 5.79. The van der Waals surface area contributed by atoms with Gasteiger partial charge in [-0.2, -0.15) is 0 Å². The number of hydrogen-bond donors (Lipinski definition) is 2. The third-order valence-corrected chi connectivity index (χ3v) is 4.58. The van der Waals surface area contributed by atoms with Crippen LogP contribution in [0.25, 0.3) is 0 Å². The van der Waals surface area contributed by atoms with E-state index in [0.29, 0.717) is 13.1 Å². The van der Waals surface area contributed by atoms with Gasteiger partial charge in [0, 0.05) is 18.8 Å². The standard InChI is InChI=1S/C21H25N3O2/c1-15(2)19-20(25)22-11-12-24(19)21(26)23-18-10-6-9-17(14-18)13-16-7-4-3-5-8-16/h3-10,14-15,19H,11-13H2,1-2H3,(H,22,25)(H,23,26). The lowest BCUT2D eigenvalue weighted by Crippen LogP contribution is -2.60. The molecule has 3 rings (SSSR count). The van der Waals surface area contributed by atoms with Crippen molar-refractivity contribution < 1.29 is 9.59 Å². The van der Waals surface area contributed by atoms with Gasteiger partial charge < -0.3 is 15.5 Å². The van der Waals surface area contributed by atoms with E-state index in [4.69, 9.17) is 0 Å². The first-order valence-electron chi connectivity index (χ1n) is 9.03. The Morgan fingerprint density at radius 3 is 2.62 bits per heavy atom. The van der Waals surface area contributed by atoms with Gasteiger partial charge in [-0.05, 0) is 35.6 Å². The second-order valence-electron chi connectivity index (χ2n) is 6.97. The van der Waals surface area contributed by atoms with Gasteiger partial charge in [0.05, 0.1) is 0 Å². The highest BCUT2D eigenvalue weighted by molar-refractivity contribution is 5.94. The molecule has 1 saturated heterocycles. The van der Waals surface area contributed by atoms with E-state index in [-0.39, 0.29) is 17.9 Å². The molecule has 26 heavy (non-hydrogen) atoms. The molecular weight excluding hydrogens is 326 g/mol. The van der Waals surface area contributed by atoms with Crippen molar-refractivity contribution in [1.82, 2.24) is 10.2 Å². The van der Waals surface area contributed by atoms with Crippen LogP contribution in [-0.4, -0.2) is 36.0 Å². The molecule has 1 unspecified atom stereocenters. The summed E-state index contributed by atoms with van der Waals surface area (Å²) in [4.78, 5) is 26.5. The van der Waals surface area contributed by atoms with E-state index in [1.807, 2.05) is 56.3 Å². The van der Waals surface area contributed by atoms with Crippen LogP contribution in [0.3, 0.4) is 0 Å². The molecule has 1 aliphatic rings. The number of anilines is 1. The van der Waals surface area contributed by atoms with Crippen LogP contribution in [-0.2, 0) is 11.2 Å². The van der Waals surface area contributed by atoms with Crippen molar-refractivity contribution in [3.63, 3.8) is 0 Å². The third-order valence-electron chi connectivity index (χ3n) is 4.58. The molecular formula is C21H25N3O2. The van der Waals surface area contributed by atoms with Crippen LogP contribution >= 0.6 is 0 Å². The van der Waals surface area contributed by atoms with Crippen LogP contribution in [0.5, 0.6) is 0 Å². The molecule has 0 saturated carbocycles. The minimum atomic E-state index is -0.434. The average Bonchev–Trinajstić information content (AvgIpc) is 2.62. The Hall–Kier alpha value is -2.82. The number of urea groups is 1. The topological polar surface area (TPSA) is 61.4 Å². The molecule has 0 aromatic heterocycles. The third kappa shape index (κ3) is 4.23. The van der Waals surface area contributed by atoms with Gasteiger partial charge in [-0.15, -0.1) is 0 Å². The molecule has 5 nitrogen and oxygen atoms in total. The van der Waals surface area contributed by atoms with Crippen molar-refractivity contribution in [2.75, 3.05) is 18.4 Å². The number of nitrogens with zero attached hydrogens (tertiary/aromatic N) is 1. The molecule has 2 aromatic carbocycles. The highest BCUT2D eigenvalue weighted by atomic mass is 16.2. The summed E-state index contributed by atoms with van der Waals surface area (Å²) in [5.74, 6) is -0.0234. The van der Waals surface area contributed by atoms with Crippen LogP contribution in [0.4, 0.5) is 10.5 Å². The quantitative estimate of drug-likeness (QED) is 0.888. The lowest BCUT2D eigenvalue weighted by molar-refractivity contribution is -0.129. The minimum Gasteiger partial charge on any atom is -0.353 e. The maximum Gasteiger partial charge on any atom is 0.322 e. The van der Waals surface area contributed by atoms with E-state index in [1.54, 1.807) is 4.90 Å². The summed E-state index contributed by atoms with van der Waals surface area (Å²) in [7, 11) is 0. The molecule has 0 spiro atoms. The van der Waals surface area contributed by atoms with Gasteiger partial charge >= 0.3 is 6.03 Å². The first-order chi connectivity index (χ1) is 12.5. The van der Waals surface area contributed by atoms with Crippen LogP contribution in [0.2, 0.25) is 0 Å². The summed E-state index contributed by atoms with van der Waals surface area (Å²) in [6, 6.07) is 17.4. The zero-order chi connectivity index (χ0) is 18.5. The van der Waals surface area contributed by atoms with E-state index < -0.39 is 6.04 Å². The Labute approximate surface area is 154 Å². The van der Waals surface area contributed by atoms with Crippen molar-refractivity contribution in [2.24, 2.45) is 5.92 Å². The Morgan fingerprint density at radius 1 is 1.15 bits per heavy atom. The van der Waals surface area contributed by atoms with E-state index >= 15 is 0 Å².